The second-order valence-electron chi connectivity index (χ2n) is 4.24. The molecule has 1 aromatic carbocycles. The van der Waals surface area contributed by atoms with Gasteiger partial charge in [-0.3, -0.25) is 0 Å². The van der Waals surface area contributed by atoms with Crippen LogP contribution in [0.25, 0.3) is 0 Å². The van der Waals surface area contributed by atoms with Crippen molar-refractivity contribution in [2.45, 2.75) is 45.6 Å². The van der Waals surface area contributed by atoms with Gasteiger partial charge in [-0.05, 0) is 37.5 Å². The van der Waals surface area contributed by atoms with Gasteiger partial charge in [0.05, 0.1) is 0 Å². The first-order valence-electron chi connectivity index (χ1n) is 6.09. The van der Waals surface area contributed by atoms with Gasteiger partial charge in [0.15, 0.2) is 0 Å². The van der Waals surface area contributed by atoms with E-state index in [0.29, 0.717) is 12.0 Å². The van der Waals surface area contributed by atoms with Gasteiger partial charge in [0.25, 0.3) is 0 Å². The normalized spacial score (nSPS) is 11.8. The zero-order valence-electron chi connectivity index (χ0n) is 10.5. The van der Waals surface area contributed by atoms with Crippen molar-refractivity contribution < 1.29 is 9.50 Å². The van der Waals surface area contributed by atoms with Crippen LogP contribution in [-0.4, -0.2) is 11.2 Å². The van der Waals surface area contributed by atoms with Crippen LogP contribution < -0.4 is 0 Å². The highest BCUT2D eigenvalue weighted by atomic mass is 19.1. The Hall–Kier alpha value is -1.33. The summed E-state index contributed by atoms with van der Waals surface area (Å²) in [6, 6.07) is 4.52. The molecule has 92 valence electrons. The molecule has 0 bridgehead atoms. The lowest BCUT2D eigenvalue weighted by atomic mass is 10.1. The quantitative estimate of drug-likeness (QED) is 0.625. The Morgan fingerprint density at radius 1 is 1.35 bits per heavy atom. The number of unbranched alkanes of at least 4 members (excludes halogenated alkanes) is 2. The minimum absolute atomic E-state index is 0.291. The topological polar surface area (TPSA) is 20.2 Å². The van der Waals surface area contributed by atoms with Crippen molar-refractivity contribution in [1.82, 2.24) is 0 Å². The molecule has 0 saturated carbocycles. The maximum atomic E-state index is 13.0. The summed E-state index contributed by atoms with van der Waals surface area (Å²) < 4.78 is 13.0. The Labute approximate surface area is 103 Å². The molecule has 0 fully saturated rings. The van der Waals surface area contributed by atoms with Gasteiger partial charge < -0.3 is 5.11 Å². The number of aliphatic hydroxyl groups excluding tert-OH is 1. The first-order chi connectivity index (χ1) is 8.13. The number of rotatable bonds is 4. The van der Waals surface area contributed by atoms with Crippen LogP contribution in [0.2, 0.25) is 0 Å². The van der Waals surface area contributed by atoms with Crippen molar-refractivity contribution in [2.24, 2.45) is 0 Å². The lowest BCUT2D eigenvalue weighted by molar-refractivity contribution is 0.217. The summed E-state index contributed by atoms with van der Waals surface area (Å²) in [5.41, 5.74) is 1.58. The van der Waals surface area contributed by atoms with Crippen LogP contribution in [0.5, 0.6) is 0 Å². The van der Waals surface area contributed by atoms with E-state index in [1.54, 1.807) is 6.07 Å². The van der Waals surface area contributed by atoms with Crippen molar-refractivity contribution in [3.8, 4) is 11.8 Å². The third kappa shape index (κ3) is 5.01. The minimum Gasteiger partial charge on any atom is -0.380 e. The standard InChI is InChI=1S/C15H19FO/c1-3-4-5-6-15(17)10-8-13-11-14(16)9-7-12(13)2/h7,9,11,15,17H,3-6H2,1-2H3. The number of aryl methyl sites for hydroxylation is 1. The molecule has 0 heterocycles. The molecule has 1 nitrogen and oxygen atoms in total. The van der Waals surface area contributed by atoms with Gasteiger partial charge in [0.2, 0.25) is 0 Å². The summed E-state index contributed by atoms with van der Waals surface area (Å²) >= 11 is 0. The van der Waals surface area contributed by atoms with Crippen molar-refractivity contribution in [3.63, 3.8) is 0 Å². The lowest BCUT2D eigenvalue weighted by Crippen LogP contribution is -2.02. The molecule has 0 amide bonds. The smallest absolute Gasteiger partial charge is 0.124 e. The van der Waals surface area contributed by atoms with E-state index in [9.17, 15) is 9.50 Å². The monoisotopic (exact) mass is 234 g/mol. The van der Waals surface area contributed by atoms with Crippen LogP contribution in [0.15, 0.2) is 18.2 Å². The Kier molecular flexibility index (Phi) is 5.72. The van der Waals surface area contributed by atoms with Gasteiger partial charge in [-0.2, -0.15) is 0 Å². The van der Waals surface area contributed by atoms with Gasteiger partial charge in [-0.25, -0.2) is 4.39 Å². The van der Waals surface area contributed by atoms with Gasteiger partial charge >= 0.3 is 0 Å². The molecule has 0 radical (unpaired) electrons. The van der Waals surface area contributed by atoms with E-state index >= 15 is 0 Å². The highest BCUT2D eigenvalue weighted by Crippen LogP contribution is 2.09. The number of hydrogen-bond acceptors (Lipinski definition) is 1. The van der Waals surface area contributed by atoms with Crippen molar-refractivity contribution in [2.75, 3.05) is 0 Å². The molecule has 1 unspecified atom stereocenters. The fourth-order valence-corrected chi connectivity index (χ4v) is 1.55. The van der Waals surface area contributed by atoms with Gasteiger partial charge in [0.1, 0.15) is 11.9 Å². The number of halogens is 1. The SMILES string of the molecule is CCCCCC(O)C#Cc1cc(F)ccc1C. The Balaban J connectivity index is 2.61. The van der Waals surface area contributed by atoms with E-state index in [1.807, 2.05) is 6.92 Å². The molecule has 1 atom stereocenters. The van der Waals surface area contributed by atoms with E-state index < -0.39 is 6.10 Å². The molecule has 1 N–H and O–H groups in total. The summed E-state index contributed by atoms with van der Waals surface area (Å²) in [6.45, 7) is 4.00. The lowest BCUT2D eigenvalue weighted by Gasteiger charge is -2.02. The van der Waals surface area contributed by atoms with E-state index in [4.69, 9.17) is 0 Å². The van der Waals surface area contributed by atoms with E-state index in [-0.39, 0.29) is 5.82 Å². The van der Waals surface area contributed by atoms with Gasteiger partial charge in [0, 0.05) is 5.56 Å². The summed E-state index contributed by atoms with van der Waals surface area (Å²) in [7, 11) is 0. The Bertz CT molecular complexity index is 415. The van der Waals surface area contributed by atoms with Crippen molar-refractivity contribution in [3.05, 3.63) is 35.1 Å². The molecule has 1 aromatic rings. The molecule has 17 heavy (non-hydrogen) atoms. The molecule has 0 aliphatic heterocycles. The number of aliphatic hydroxyl groups is 1. The molecule has 0 saturated heterocycles. The fraction of sp³-hybridized carbons (Fsp3) is 0.467. The van der Waals surface area contributed by atoms with Gasteiger partial charge in [-0.15, -0.1) is 0 Å². The highest BCUT2D eigenvalue weighted by Gasteiger charge is 2.00. The second kappa shape index (κ2) is 7.09. The van der Waals surface area contributed by atoms with E-state index in [2.05, 4.69) is 18.8 Å². The van der Waals surface area contributed by atoms with Crippen LogP contribution in [0.1, 0.15) is 43.7 Å². The molecule has 0 aliphatic rings. The van der Waals surface area contributed by atoms with Crippen LogP contribution in [-0.2, 0) is 0 Å². The predicted molar refractivity (Wildman–Crippen MR) is 68.2 cm³/mol. The number of hydrogen-bond donors (Lipinski definition) is 1. The fourth-order valence-electron chi connectivity index (χ4n) is 1.55. The largest absolute Gasteiger partial charge is 0.380 e. The minimum atomic E-state index is -0.607. The summed E-state index contributed by atoms with van der Waals surface area (Å²) in [6.07, 6.45) is 3.30. The zero-order valence-corrected chi connectivity index (χ0v) is 10.5. The third-order valence-electron chi connectivity index (χ3n) is 2.65. The maximum Gasteiger partial charge on any atom is 0.124 e. The predicted octanol–water partition coefficient (Wildman–Crippen LogP) is 3.43. The summed E-state index contributed by atoms with van der Waals surface area (Å²) in [5, 5.41) is 9.63. The van der Waals surface area contributed by atoms with Crippen LogP contribution in [0.3, 0.4) is 0 Å². The van der Waals surface area contributed by atoms with Crippen LogP contribution >= 0.6 is 0 Å². The average molecular weight is 234 g/mol. The van der Waals surface area contributed by atoms with Gasteiger partial charge in [-0.1, -0.05) is 37.7 Å². The molecule has 0 spiro atoms. The third-order valence-corrected chi connectivity index (χ3v) is 2.65. The summed E-state index contributed by atoms with van der Waals surface area (Å²) in [5.74, 6) is 5.31. The van der Waals surface area contributed by atoms with Crippen molar-refractivity contribution in [1.29, 1.82) is 0 Å². The molecule has 2 heteroatoms. The van der Waals surface area contributed by atoms with Crippen molar-refractivity contribution >= 4 is 0 Å². The maximum absolute atomic E-state index is 13.0. The molecule has 1 rings (SSSR count). The highest BCUT2D eigenvalue weighted by molar-refractivity contribution is 5.41. The zero-order chi connectivity index (χ0) is 12.7. The first-order valence-corrected chi connectivity index (χ1v) is 6.09. The average Bonchev–Trinajstić information content (AvgIpc) is 2.31. The number of benzene rings is 1. The van der Waals surface area contributed by atoms with E-state index in [0.717, 1.165) is 24.8 Å². The molecule has 0 aromatic heterocycles. The van der Waals surface area contributed by atoms with E-state index in [1.165, 1.54) is 12.1 Å². The molecular weight excluding hydrogens is 215 g/mol. The first kappa shape index (κ1) is 13.7. The van der Waals surface area contributed by atoms with Crippen LogP contribution in [0, 0.1) is 24.6 Å². The Morgan fingerprint density at radius 3 is 2.82 bits per heavy atom. The summed E-state index contributed by atoms with van der Waals surface area (Å²) in [4.78, 5) is 0. The van der Waals surface area contributed by atoms with Crippen LogP contribution in [0.4, 0.5) is 4.39 Å². The Morgan fingerprint density at radius 2 is 2.12 bits per heavy atom. The molecular formula is C15H19FO. The second-order valence-corrected chi connectivity index (χ2v) is 4.24. The molecule has 0 aliphatic carbocycles.